The average Bonchev–Trinajstić information content (AvgIpc) is 2.12. The van der Waals surface area contributed by atoms with E-state index in [-0.39, 0.29) is 16.9 Å². The van der Waals surface area contributed by atoms with Gasteiger partial charge in [0.2, 0.25) is 0 Å². The standard InChI is InChI=1S/C12H21N3S2/c1-11(2)4-9(15-8-16)5-12(3,6-11)7-14-10(13)17/h9H,4-7H2,1-3H3,(H3,13,14,17). The Balaban J connectivity index is 2.76. The molecule has 2 atom stereocenters. The maximum Gasteiger partial charge on any atom is 0.163 e. The van der Waals surface area contributed by atoms with Crippen molar-refractivity contribution in [2.24, 2.45) is 21.6 Å². The number of aliphatic imine (C=N–C) groups is 1. The van der Waals surface area contributed by atoms with Gasteiger partial charge in [-0.05, 0) is 54.5 Å². The Labute approximate surface area is 114 Å². The fraction of sp³-hybridized carbons (Fsp3) is 0.833. The molecule has 5 heteroatoms. The third-order valence-electron chi connectivity index (χ3n) is 3.35. The summed E-state index contributed by atoms with van der Waals surface area (Å²) < 4.78 is 0. The van der Waals surface area contributed by atoms with Crippen molar-refractivity contribution in [1.29, 1.82) is 0 Å². The predicted molar refractivity (Wildman–Crippen MR) is 79.3 cm³/mol. The summed E-state index contributed by atoms with van der Waals surface area (Å²) in [5, 5.41) is 5.96. The molecule has 96 valence electrons. The highest BCUT2D eigenvalue weighted by atomic mass is 32.1. The maximum atomic E-state index is 5.50. The summed E-state index contributed by atoms with van der Waals surface area (Å²) in [4.78, 5) is 4.27. The zero-order chi connectivity index (χ0) is 13.1. The molecule has 0 aromatic rings. The van der Waals surface area contributed by atoms with Crippen LogP contribution in [0.1, 0.15) is 40.0 Å². The molecule has 0 bridgehead atoms. The van der Waals surface area contributed by atoms with E-state index in [1.807, 2.05) is 0 Å². The second-order valence-electron chi connectivity index (χ2n) is 6.15. The van der Waals surface area contributed by atoms with Crippen LogP contribution in [0.4, 0.5) is 0 Å². The van der Waals surface area contributed by atoms with Crippen molar-refractivity contribution < 1.29 is 0 Å². The summed E-state index contributed by atoms with van der Waals surface area (Å²) in [7, 11) is 0. The molecular weight excluding hydrogens is 250 g/mol. The largest absolute Gasteiger partial charge is 0.376 e. The Hall–Kier alpha value is -0.510. The molecule has 1 aliphatic carbocycles. The summed E-state index contributed by atoms with van der Waals surface area (Å²) >= 11 is 9.58. The highest BCUT2D eigenvalue weighted by Crippen LogP contribution is 2.46. The van der Waals surface area contributed by atoms with E-state index in [1.54, 1.807) is 0 Å². The smallest absolute Gasteiger partial charge is 0.163 e. The molecule has 0 aromatic heterocycles. The van der Waals surface area contributed by atoms with Crippen molar-refractivity contribution in [3.63, 3.8) is 0 Å². The average molecular weight is 271 g/mol. The van der Waals surface area contributed by atoms with Gasteiger partial charge in [-0.2, -0.15) is 0 Å². The van der Waals surface area contributed by atoms with Crippen LogP contribution >= 0.6 is 24.4 Å². The van der Waals surface area contributed by atoms with Crippen LogP contribution in [-0.4, -0.2) is 22.9 Å². The Kier molecular flexibility index (Phi) is 4.64. The van der Waals surface area contributed by atoms with Crippen LogP contribution in [0, 0.1) is 10.8 Å². The fourth-order valence-corrected chi connectivity index (χ4v) is 3.40. The summed E-state index contributed by atoms with van der Waals surface area (Å²) in [6.45, 7) is 7.61. The van der Waals surface area contributed by atoms with E-state index in [0.29, 0.717) is 5.11 Å². The Morgan fingerprint density at radius 2 is 2.12 bits per heavy atom. The molecule has 0 amide bonds. The number of nitrogens with two attached hydrogens (primary N) is 1. The molecule has 1 rings (SSSR count). The molecule has 1 aliphatic rings. The Morgan fingerprint density at radius 3 is 2.65 bits per heavy atom. The van der Waals surface area contributed by atoms with Crippen molar-refractivity contribution in [2.75, 3.05) is 6.54 Å². The van der Waals surface area contributed by atoms with E-state index in [4.69, 9.17) is 30.2 Å². The lowest BCUT2D eigenvalue weighted by atomic mass is 9.63. The SMILES string of the molecule is CC1(C)CC(N=C=S)CC(C)(CNC(N)=S)C1. The van der Waals surface area contributed by atoms with Gasteiger partial charge in [-0.25, -0.2) is 4.99 Å². The van der Waals surface area contributed by atoms with Crippen molar-refractivity contribution in [1.82, 2.24) is 5.32 Å². The van der Waals surface area contributed by atoms with Gasteiger partial charge in [0.1, 0.15) is 0 Å². The molecule has 0 aliphatic heterocycles. The van der Waals surface area contributed by atoms with Crippen LogP contribution in [0.3, 0.4) is 0 Å². The number of nitrogens with zero attached hydrogens (tertiary/aromatic N) is 1. The monoisotopic (exact) mass is 271 g/mol. The van der Waals surface area contributed by atoms with Crippen LogP contribution in [0.5, 0.6) is 0 Å². The molecule has 3 N–H and O–H groups in total. The second-order valence-corrected chi connectivity index (χ2v) is 6.77. The summed E-state index contributed by atoms with van der Waals surface area (Å²) in [5.74, 6) is 0. The highest BCUT2D eigenvalue weighted by Gasteiger charge is 2.41. The molecule has 1 saturated carbocycles. The predicted octanol–water partition coefficient (Wildman–Crippen LogP) is 2.51. The molecule has 3 nitrogen and oxygen atoms in total. The van der Waals surface area contributed by atoms with E-state index in [2.05, 4.69) is 36.2 Å². The first-order valence-corrected chi connectivity index (χ1v) is 6.68. The zero-order valence-electron chi connectivity index (χ0n) is 10.7. The number of hydrogen-bond donors (Lipinski definition) is 2. The summed E-state index contributed by atoms with van der Waals surface area (Å²) in [6.07, 6.45) is 3.22. The second kappa shape index (κ2) is 5.42. The van der Waals surface area contributed by atoms with Gasteiger partial charge < -0.3 is 11.1 Å². The van der Waals surface area contributed by atoms with Crippen molar-refractivity contribution in [2.45, 2.75) is 46.1 Å². The third kappa shape index (κ3) is 4.70. The third-order valence-corrected chi connectivity index (χ3v) is 3.60. The number of nitrogens with one attached hydrogen (secondary N) is 1. The molecule has 0 saturated heterocycles. The first-order valence-electron chi connectivity index (χ1n) is 5.87. The fourth-order valence-electron chi connectivity index (χ4n) is 3.18. The Morgan fingerprint density at radius 1 is 1.47 bits per heavy atom. The van der Waals surface area contributed by atoms with Crippen LogP contribution in [0.15, 0.2) is 4.99 Å². The number of thiocarbonyl (C=S) groups is 2. The van der Waals surface area contributed by atoms with E-state index >= 15 is 0 Å². The molecule has 2 unspecified atom stereocenters. The number of hydrogen-bond acceptors (Lipinski definition) is 3. The van der Waals surface area contributed by atoms with Gasteiger partial charge in [0.05, 0.1) is 11.2 Å². The minimum atomic E-state index is 0.158. The summed E-state index contributed by atoms with van der Waals surface area (Å²) in [6, 6.07) is 0.273. The van der Waals surface area contributed by atoms with Crippen molar-refractivity contribution in [3.05, 3.63) is 0 Å². The number of isothiocyanates is 1. The molecule has 0 aromatic carbocycles. The van der Waals surface area contributed by atoms with Gasteiger partial charge in [-0.3, -0.25) is 0 Å². The van der Waals surface area contributed by atoms with Gasteiger partial charge in [0, 0.05) is 6.54 Å². The minimum absolute atomic E-state index is 0.158. The van der Waals surface area contributed by atoms with Gasteiger partial charge >= 0.3 is 0 Å². The van der Waals surface area contributed by atoms with Gasteiger partial charge in [-0.1, -0.05) is 20.8 Å². The van der Waals surface area contributed by atoms with E-state index in [9.17, 15) is 0 Å². The van der Waals surface area contributed by atoms with Crippen molar-refractivity contribution >= 4 is 34.7 Å². The lowest BCUT2D eigenvalue weighted by Crippen LogP contribution is -2.45. The lowest BCUT2D eigenvalue weighted by Gasteiger charge is -2.45. The van der Waals surface area contributed by atoms with Crippen LogP contribution in [0.2, 0.25) is 0 Å². The van der Waals surface area contributed by atoms with E-state index in [0.717, 1.165) is 25.8 Å². The normalized spacial score (nSPS) is 31.4. The lowest BCUT2D eigenvalue weighted by molar-refractivity contribution is 0.0877. The maximum absolute atomic E-state index is 5.50. The van der Waals surface area contributed by atoms with Gasteiger partial charge in [0.15, 0.2) is 5.11 Å². The zero-order valence-corrected chi connectivity index (χ0v) is 12.4. The molecule has 17 heavy (non-hydrogen) atoms. The van der Waals surface area contributed by atoms with Crippen LogP contribution in [0.25, 0.3) is 0 Å². The first-order chi connectivity index (χ1) is 7.76. The first kappa shape index (κ1) is 14.6. The van der Waals surface area contributed by atoms with Crippen LogP contribution in [-0.2, 0) is 0 Å². The van der Waals surface area contributed by atoms with E-state index < -0.39 is 0 Å². The molecular formula is C12H21N3S2. The van der Waals surface area contributed by atoms with Crippen molar-refractivity contribution in [3.8, 4) is 0 Å². The molecule has 0 radical (unpaired) electrons. The van der Waals surface area contributed by atoms with E-state index in [1.165, 1.54) is 0 Å². The summed E-state index contributed by atoms with van der Waals surface area (Å²) in [5.41, 5.74) is 5.92. The molecule has 0 spiro atoms. The number of rotatable bonds is 3. The quantitative estimate of drug-likeness (QED) is 0.612. The molecule has 1 fully saturated rings. The minimum Gasteiger partial charge on any atom is -0.376 e. The highest BCUT2D eigenvalue weighted by molar-refractivity contribution is 7.80. The van der Waals surface area contributed by atoms with Crippen LogP contribution < -0.4 is 11.1 Å². The molecule has 0 heterocycles. The Bertz CT molecular complexity index is 348. The van der Waals surface area contributed by atoms with Gasteiger partial charge in [-0.15, -0.1) is 0 Å². The topological polar surface area (TPSA) is 50.4 Å². The van der Waals surface area contributed by atoms with Gasteiger partial charge in [0.25, 0.3) is 0 Å².